The van der Waals surface area contributed by atoms with Gasteiger partial charge in [0.15, 0.2) is 0 Å². The minimum atomic E-state index is 1.20. The molecule has 0 aromatic heterocycles. The van der Waals surface area contributed by atoms with Crippen LogP contribution in [0.25, 0.3) is 0 Å². The lowest BCUT2D eigenvalue weighted by Gasteiger charge is -2.01. The highest BCUT2D eigenvalue weighted by Crippen LogP contribution is 2.11. The van der Waals surface area contributed by atoms with Crippen LogP contribution in [0.2, 0.25) is 0 Å². The van der Waals surface area contributed by atoms with Crippen LogP contribution in [-0.2, 0) is 0 Å². The van der Waals surface area contributed by atoms with Crippen LogP contribution in [0.5, 0.6) is 0 Å². The second kappa shape index (κ2) is 20.2. The van der Waals surface area contributed by atoms with E-state index in [1.54, 1.807) is 0 Å². The van der Waals surface area contributed by atoms with Crippen LogP contribution < -0.4 is 0 Å². The predicted molar refractivity (Wildman–Crippen MR) is 124 cm³/mol. The maximum Gasteiger partial charge on any atom is -0.0348 e. The van der Waals surface area contributed by atoms with Gasteiger partial charge >= 0.3 is 0 Å². The Morgan fingerprint density at radius 3 is 0.741 bits per heavy atom. The van der Waals surface area contributed by atoms with Gasteiger partial charge in [-0.15, -0.1) is 0 Å². The Morgan fingerprint density at radius 1 is 0.222 bits per heavy atom. The van der Waals surface area contributed by atoms with Gasteiger partial charge in [-0.2, -0.15) is 0 Å². The SMILES string of the molecule is C1=CCCCCCCCCCCC/C=C/C=C/C=C/C=C\C=C\C=C\C=C\1. The van der Waals surface area contributed by atoms with Crippen molar-refractivity contribution in [1.29, 1.82) is 0 Å². The van der Waals surface area contributed by atoms with Crippen molar-refractivity contribution in [1.82, 2.24) is 0 Å². The van der Waals surface area contributed by atoms with Gasteiger partial charge in [-0.1, -0.05) is 142 Å². The molecule has 0 unspecified atom stereocenters. The maximum absolute atomic E-state index is 2.28. The van der Waals surface area contributed by atoms with E-state index in [-0.39, 0.29) is 0 Å². The Hall–Kier alpha value is -2.08. The Balaban J connectivity index is 2.37. The summed E-state index contributed by atoms with van der Waals surface area (Å²) in [6.45, 7) is 0. The summed E-state index contributed by atoms with van der Waals surface area (Å²) in [7, 11) is 0. The van der Waals surface area contributed by atoms with E-state index in [0.717, 1.165) is 0 Å². The molecule has 1 aliphatic rings. The summed E-state index contributed by atoms with van der Waals surface area (Å²) in [6, 6.07) is 0. The van der Waals surface area contributed by atoms with Crippen molar-refractivity contribution in [2.75, 3.05) is 0 Å². The average Bonchev–Trinajstić information content (AvgIpc) is 2.68. The third kappa shape index (κ3) is 18.5. The first-order valence-electron chi connectivity index (χ1n) is 10.8. The molecule has 0 radical (unpaired) electrons. The molecule has 0 heterocycles. The van der Waals surface area contributed by atoms with Crippen molar-refractivity contribution in [3.8, 4) is 0 Å². The van der Waals surface area contributed by atoms with Crippen molar-refractivity contribution in [3.63, 3.8) is 0 Å². The lowest BCUT2D eigenvalue weighted by atomic mass is 10.1. The molecular weight excluding hydrogens is 324 g/mol. The normalized spacial score (nSPS) is 27.6. The minimum absolute atomic E-state index is 1.20. The summed E-state index contributed by atoms with van der Waals surface area (Å²) < 4.78 is 0. The summed E-state index contributed by atoms with van der Waals surface area (Å²) in [4.78, 5) is 0. The minimum Gasteiger partial charge on any atom is -0.0845 e. The van der Waals surface area contributed by atoms with E-state index in [4.69, 9.17) is 0 Å². The zero-order chi connectivity index (χ0) is 19.1. The van der Waals surface area contributed by atoms with Crippen LogP contribution in [0.4, 0.5) is 0 Å². The molecule has 146 valence electrons. The summed E-state index contributed by atoms with van der Waals surface area (Å²) in [6.07, 6.45) is 48.5. The summed E-state index contributed by atoms with van der Waals surface area (Å²) in [5.74, 6) is 0. The highest BCUT2D eigenvalue weighted by molar-refractivity contribution is 5.21. The molecule has 27 heavy (non-hydrogen) atoms. The molecule has 0 aliphatic heterocycles. The molecular formula is C27H38. The zero-order valence-corrected chi connectivity index (χ0v) is 17.0. The van der Waals surface area contributed by atoms with E-state index in [2.05, 4.69) is 72.9 Å². The molecule has 0 heteroatoms. The Bertz CT molecular complexity index is 497. The molecule has 1 aliphatic carbocycles. The van der Waals surface area contributed by atoms with Gasteiger partial charge in [0, 0.05) is 0 Å². The fraction of sp³-hybridized carbons (Fsp3) is 0.407. The third-order valence-electron chi connectivity index (χ3n) is 4.46. The van der Waals surface area contributed by atoms with E-state index in [0.29, 0.717) is 0 Å². The van der Waals surface area contributed by atoms with E-state index in [1.807, 2.05) is 24.3 Å². The highest BCUT2D eigenvalue weighted by Gasteiger charge is 1.92. The fourth-order valence-electron chi connectivity index (χ4n) is 2.88. The van der Waals surface area contributed by atoms with Crippen molar-refractivity contribution in [2.24, 2.45) is 0 Å². The molecule has 0 aromatic rings. The molecule has 0 nitrogen and oxygen atoms in total. The second-order valence-corrected chi connectivity index (χ2v) is 6.93. The van der Waals surface area contributed by atoms with Gasteiger partial charge < -0.3 is 0 Å². The molecule has 0 spiro atoms. The van der Waals surface area contributed by atoms with Gasteiger partial charge in [0.25, 0.3) is 0 Å². The van der Waals surface area contributed by atoms with Crippen molar-refractivity contribution in [3.05, 3.63) is 97.2 Å². The number of hydrogen-bond donors (Lipinski definition) is 0. The first-order valence-corrected chi connectivity index (χ1v) is 10.8. The molecule has 0 bridgehead atoms. The lowest BCUT2D eigenvalue weighted by Crippen LogP contribution is -1.81. The topological polar surface area (TPSA) is 0 Å². The van der Waals surface area contributed by atoms with Crippen LogP contribution in [0.1, 0.15) is 70.6 Å². The van der Waals surface area contributed by atoms with Crippen LogP contribution in [-0.4, -0.2) is 0 Å². The number of rotatable bonds is 0. The number of allylic oxidation sites excluding steroid dienone is 16. The Kier molecular flexibility index (Phi) is 17.2. The van der Waals surface area contributed by atoms with Crippen LogP contribution in [0.3, 0.4) is 0 Å². The largest absolute Gasteiger partial charge is 0.0845 e. The van der Waals surface area contributed by atoms with Crippen molar-refractivity contribution >= 4 is 0 Å². The van der Waals surface area contributed by atoms with Gasteiger partial charge in [-0.25, -0.2) is 0 Å². The summed E-state index contributed by atoms with van der Waals surface area (Å²) in [5, 5.41) is 0. The first-order chi connectivity index (χ1) is 13.5. The van der Waals surface area contributed by atoms with E-state index >= 15 is 0 Å². The molecule has 0 aromatic carbocycles. The smallest absolute Gasteiger partial charge is 0.0348 e. The van der Waals surface area contributed by atoms with Crippen molar-refractivity contribution in [2.45, 2.75) is 70.6 Å². The molecule has 0 N–H and O–H groups in total. The molecule has 0 fully saturated rings. The molecule has 0 amide bonds. The predicted octanol–water partition coefficient (Wildman–Crippen LogP) is 8.74. The average molecular weight is 363 g/mol. The lowest BCUT2D eigenvalue weighted by molar-refractivity contribution is 0.561. The standard InChI is InChI=1S/C27H38/c1-2-4-6-8-10-12-14-16-18-20-22-24-26-27-25-23-21-19-17-15-13-11-9-7-5-3-1/h1-16H,17-27H2/b3-1-,4-2+,7-5+,8-6+,11-9+,12-10+,15-13+,16-14?. The quantitative estimate of drug-likeness (QED) is 0.404. The van der Waals surface area contributed by atoms with Gasteiger partial charge in [-0.05, 0) is 25.7 Å². The van der Waals surface area contributed by atoms with Crippen LogP contribution in [0, 0.1) is 0 Å². The number of hydrogen-bond acceptors (Lipinski definition) is 0. The van der Waals surface area contributed by atoms with Crippen LogP contribution >= 0.6 is 0 Å². The molecule has 0 saturated heterocycles. The van der Waals surface area contributed by atoms with Crippen LogP contribution in [0.15, 0.2) is 97.2 Å². The van der Waals surface area contributed by atoms with Gasteiger partial charge in [0.05, 0.1) is 0 Å². The van der Waals surface area contributed by atoms with E-state index < -0.39 is 0 Å². The van der Waals surface area contributed by atoms with Gasteiger partial charge in [0.2, 0.25) is 0 Å². The van der Waals surface area contributed by atoms with Gasteiger partial charge in [0.1, 0.15) is 0 Å². The van der Waals surface area contributed by atoms with E-state index in [1.165, 1.54) is 70.6 Å². The third-order valence-corrected chi connectivity index (χ3v) is 4.46. The van der Waals surface area contributed by atoms with Gasteiger partial charge in [-0.3, -0.25) is 0 Å². The summed E-state index contributed by atoms with van der Waals surface area (Å²) >= 11 is 0. The molecule has 0 saturated carbocycles. The fourth-order valence-corrected chi connectivity index (χ4v) is 2.88. The van der Waals surface area contributed by atoms with E-state index in [9.17, 15) is 0 Å². The highest BCUT2D eigenvalue weighted by atomic mass is 14.0. The Morgan fingerprint density at radius 2 is 0.444 bits per heavy atom. The summed E-state index contributed by atoms with van der Waals surface area (Å²) in [5.41, 5.74) is 0. The van der Waals surface area contributed by atoms with Crippen molar-refractivity contribution < 1.29 is 0 Å². The zero-order valence-electron chi connectivity index (χ0n) is 17.0. The molecule has 1 rings (SSSR count). The maximum atomic E-state index is 2.28. The Labute approximate surface area is 168 Å². The first kappa shape index (κ1) is 23.0. The monoisotopic (exact) mass is 362 g/mol. The molecule has 0 atom stereocenters. The second-order valence-electron chi connectivity index (χ2n) is 6.93.